The first kappa shape index (κ1) is 22.5. The van der Waals surface area contributed by atoms with Crippen LogP contribution in [0.3, 0.4) is 0 Å². The Balaban J connectivity index is 1.94. The summed E-state index contributed by atoms with van der Waals surface area (Å²) in [5, 5.41) is 2.68. The van der Waals surface area contributed by atoms with Gasteiger partial charge in [-0.3, -0.25) is 4.79 Å². The van der Waals surface area contributed by atoms with Gasteiger partial charge >= 0.3 is 0 Å². The van der Waals surface area contributed by atoms with Crippen LogP contribution in [-0.4, -0.2) is 55.4 Å². The summed E-state index contributed by atoms with van der Waals surface area (Å²) in [5.74, 6) is 0.996. The second-order valence-corrected chi connectivity index (χ2v) is 7.53. The Morgan fingerprint density at radius 2 is 1.66 bits per heavy atom. The highest BCUT2D eigenvalue weighted by molar-refractivity contribution is 7.89. The Morgan fingerprint density at radius 3 is 2.28 bits per heavy atom. The van der Waals surface area contributed by atoms with Crippen molar-refractivity contribution < 1.29 is 32.2 Å². The fourth-order valence-electron chi connectivity index (χ4n) is 2.32. The van der Waals surface area contributed by atoms with Crippen molar-refractivity contribution in [2.75, 3.05) is 46.4 Å². The summed E-state index contributed by atoms with van der Waals surface area (Å²) in [6, 6.07) is 10.8. The van der Waals surface area contributed by atoms with Gasteiger partial charge in [0.1, 0.15) is 17.2 Å². The van der Waals surface area contributed by atoms with E-state index in [9.17, 15) is 13.2 Å². The third-order valence-electron chi connectivity index (χ3n) is 3.78. The van der Waals surface area contributed by atoms with Crippen LogP contribution in [0.4, 0.5) is 5.69 Å². The lowest BCUT2D eigenvalue weighted by Gasteiger charge is -2.12. The lowest BCUT2D eigenvalue weighted by molar-refractivity contribution is -0.118. The number of rotatable bonds is 11. The number of sulfonamides is 1. The van der Waals surface area contributed by atoms with Crippen LogP contribution < -0.4 is 24.2 Å². The molecular formula is C19H24N2O7S. The summed E-state index contributed by atoms with van der Waals surface area (Å²) in [6.45, 7) is 0.178. The quantitative estimate of drug-likeness (QED) is 0.528. The highest BCUT2D eigenvalue weighted by Crippen LogP contribution is 2.28. The molecule has 158 valence electrons. The van der Waals surface area contributed by atoms with Crippen LogP contribution in [0.1, 0.15) is 0 Å². The molecule has 0 aliphatic heterocycles. The van der Waals surface area contributed by atoms with E-state index in [2.05, 4.69) is 10.0 Å². The van der Waals surface area contributed by atoms with Gasteiger partial charge in [0.15, 0.2) is 6.61 Å². The lowest BCUT2D eigenvalue weighted by Crippen LogP contribution is -2.27. The van der Waals surface area contributed by atoms with Gasteiger partial charge in [-0.25, -0.2) is 13.1 Å². The number of amides is 1. The molecule has 0 saturated carbocycles. The van der Waals surface area contributed by atoms with Gasteiger partial charge in [-0.15, -0.1) is 0 Å². The third-order valence-corrected chi connectivity index (χ3v) is 5.26. The van der Waals surface area contributed by atoms with Gasteiger partial charge < -0.3 is 24.3 Å². The second-order valence-electron chi connectivity index (χ2n) is 5.77. The molecule has 0 aliphatic rings. The van der Waals surface area contributed by atoms with E-state index in [0.717, 1.165) is 0 Å². The van der Waals surface area contributed by atoms with Gasteiger partial charge in [0, 0.05) is 19.7 Å². The second kappa shape index (κ2) is 10.6. The number of ether oxygens (including phenoxy) is 4. The van der Waals surface area contributed by atoms with E-state index in [-0.39, 0.29) is 24.7 Å². The molecule has 0 atom stereocenters. The van der Waals surface area contributed by atoms with E-state index in [1.165, 1.54) is 45.6 Å². The Kier molecular flexibility index (Phi) is 8.25. The van der Waals surface area contributed by atoms with Crippen molar-refractivity contribution in [3.05, 3.63) is 42.5 Å². The summed E-state index contributed by atoms with van der Waals surface area (Å²) in [5.41, 5.74) is 0.448. The van der Waals surface area contributed by atoms with E-state index in [1.54, 1.807) is 18.2 Å². The van der Waals surface area contributed by atoms with Crippen LogP contribution in [0.5, 0.6) is 17.2 Å². The molecule has 0 aromatic heterocycles. The molecule has 0 fully saturated rings. The van der Waals surface area contributed by atoms with E-state index in [1.807, 2.05) is 0 Å². The van der Waals surface area contributed by atoms with Crippen LogP contribution in [0.15, 0.2) is 47.4 Å². The van der Waals surface area contributed by atoms with Crippen molar-refractivity contribution in [1.82, 2.24) is 4.72 Å². The minimum Gasteiger partial charge on any atom is -0.497 e. The monoisotopic (exact) mass is 424 g/mol. The maximum absolute atomic E-state index is 12.2. The number of carbonyl (C=O) groups is 1. The zero-order chi connectivity index (χ0) is 21.3. The lowest BCUT2D eigenvalue weighted by atomic mass is 10.2. The number of hydrogen-bond acceptors (Lipinski definition) is 7. The molecule has 2 rings (SSSR count). The molecule has 0 spiro atoms. The van der Waals surface area contributed by atoms with Crippen molar-refractivity contribution in [2.45, 2.75) is 4.90 Å². The van der Waals surface area contributed by atoms with Crippen molar-refractivity contribution in [3.63, 3.8) is 0 Å². The summed E-state index contributed by atoms with van der Waals surface area (Å²) in [4.78, 5) is 12.3. The minimum atomic E-state index is -3.63. The van der Waals surface area contributed by atoms with Crippen LogP contribution >= 0.6 is 0 Å². The molecule has 0 bridgehead atoms. The normalized spacial score (nSPS) is 11.0. The Hall–Kier alpha value is -2.82. The first-order valence-corrected chi connectivity index (χ1v) is 10.1. The zero-order valence-corrected chi connectivity index (χ0v) is 17.2. The number of carbonyl (C=O) groups excluding carboxylic acids is 1. The highest BCUT2D eigenvalue weighted by Gasteiger charge is 2.14. The van der Waals surface area contributed by atoms with Gasteiger partial charge in [0.2, 0.25) is 10.0 Å². The van der Waals surface area contributed by atoms with Gasteiger partial charge in [0.05, 0.1) is 31.4 Å². The Bertz CT molecular complexity index is 915. The van der Waals surface area contributed by atoms with Crippen LogP contribution in [0, 0.1) is 0 Å². The molecule has 0 aliphatic carbocycles. The largest absolute Gasteiger partial charge is 0.497 e. The van der Waals surface area contributed by atoms with Crippen LogP contribution in [0.2, 0.25) is 0 Å². The molecule has 0 radical (unpaired) electrons. The number of anilines is 1. The first-order chi connectivity index (χ1) is 13.9. The van der Waals surface area contributed by atoms with E-state index >= 15 is 0 Å². The third kappa shape index (κ3) is 6.63. The molecule has 0 unspecified atom stereocenters. The molecule has 2 aromatic carbocycles. The van der Waals surface area contributed by atoms with Crippen molar-refractivity contribution in [1.29, 1.82) is 0 Å². The van der Waals surface area contributed by atoms with E-state index in [0.29, 0.717) is 22.9 Å². The van der Waals surface area contributed by atoms with E-state index in [4.69, 9.17) is 18.9 Å². The molecule has 2 N–H and O–H groups in total. The summed E-state index contributed by atoms with van der Waals surface area (Å²) < 4.78 is 47.2. The highest BCUT2D eigenvalue weighted by atomic mass is 32.2. The summed E-state index contributed by atoms with van der Waals surface area (Å²) in [7, 11) is 0.876. The molecular weight excluding hydrogens is 400 g/mol. The molecule has 29 heavy (non-hydrogen) atoms. The standard InChI is InChI=1S/C19H24N2O7S/c1-25-11-10-20-29(23,24)16-7-4-14(5-8-16)28-13-19(22)21-17-12-15(26-2)6-9-18(17)27-3/h4-9,12,20H,10-11,13H2,1-3H3,(H,21,22). The van der Waals surface area contributed by atoms with Crippen molar-refractivity contribution >= 4 is 21.6 Å². The average molecular weight is 424 g/mol. The van der Waals surface area contributed by atoms with Crippen LogP contribution in [0.25, 0.3) is 0 Å². The fourth-order valence-corrected chi connectivity index (χ4v) is 3.34. The van der Waals surface area contributed by atoms with Crippen molar-refractivity contribution in [3.8, 4) is 17.2 Å². The minimum absolute atomic E-state index is 0.0894. The van der Waals surface area contributed by atoms with E-state index < -0.39 is 15.9 Å². The number of nitrogens with one attached hydrogen (secondary N) is 2. The molecule has 9 nitrogen and oxygen atoms in total. The van der Waals surface area contributed by atoms with Gasteiger partial charge in [-0.1, -0.05) is 0 Å². The molecule has 1 amide bonds. The molecule has 0 heterocycles. The molecule has 2 aromatic rings. The molecule has 10 heteroatoms. The Labute approximate surface area is 170 Å². The zero-order valence-electron chi connectivity index (χ0n) is 16.4. The van der Waals surface area contributed by atoms with Crippen molar-refractivity contribution in [2.24, 2.45) is 0 Å². The van der Waals surface area contributed by atoms with Gasteiger partial charge in [-0.2, -0.15) is 0 Å². The Morgan fingerprint density at radius 1 is 0.966 bits per heavy atom. The van der Waals surface area contributed by atoms with Crippen LogP contribution in [-0.2, 0) is 19.6 Å². The fraction of sp³-hybridized carbons (Fsp3) is 0.316. The maximum Gasteiger partial charge on any atom is 0.262 e. The van der Waals surface area contributed by atoms with Gasteiger partial charge in [-0.05, 0) is 36.4 Å². The SMILES string of the molecule is COCCNS(=O)(=O)c1ccc(OCC(=O)Nc2cc(OC)ccc2OC)cc1. The summed E-state index contributed by atoms with van der Waals surface area (Å²) >= 11 is 0. The predicted molar refractivity (Wildman–Crippen MR) is 107 cm³/mol. The summed E-state index contributed by atoms with van der Waals surface area (Å²) in [6.07, 6.45) is 0. The first-order valence-electron chi connectivity index (χ1n) is 8.63. The number of hydrogen-bond donors (Lipinski definition) is 2. The predicted octanol–water partition coefficient (Wildman–Crippen LogP) is 1.65. The molecule has 0 saturated heterocycles. The number of benzene rings is 2. The average Bonchev–Trinajstić information content (AvgIpc) is 2.72. The smallest absolute Gasteiger partial charge is 0.262 e. The van der Waals surface area contributed by atoms with Gasteiger partial charge in [0.25, 0.3) is 5.91 Å². The maximum atomic E-state index is 12.2. The number of methoxy groups -OCH3 is 3. The topological polar surface area (TPSA) is 112 Å².